The van der Waals surface area contributed by atoms with E-state index >= 15 is 0 Å². The highest BCUT2D eigenvalue weighted by atomic mass is 35.5. The number of halogens is 3. The number of guanidine groups is 1. The molecule has 0 amide bonds. The topological polar surface area (TPSA) is 47.3 Å². The molecular formula is C10H12Cl3N3O. The number of hydrogen-bond acceptors (Lipinski definition) is 1. The molecule has 2 rings (SSSR count). The lowest BCUT2D eigenvalue weighted by Gasteiger charge is -2.06. The molecule has 0 spiro atoms. The van der Waals surface area contributed by atoms with Crippen LogP contribution < -0.4 is 23.0 Å². The van der Waals surface area contributed by atoms with Crippen LogP contribution in [0, 0.1) is 0 Å². The molecule has 3 N–H and O–H groups in total. The van der Waals surface area contributed by atoms with Crippen LogP contribution in [0.25, 0.3) is 0 Å². The van der Waals surface area contributed by atoms with Crippen molar-refractivity contribution in [1.82, 2.24) is 10.6 Å². The minimum Gasteiger partial charge on any atom is -1.00 e. The SMILES string of the molecule is O[N+](Cc1c(Cl)cccc1Cl)=C1NCCN1.[Cl-]. The molecule has 1 aliphatic heterocycles. The van der Waals surface area contributed by atoms with Crippen molar-refractivity contribution in [3.8, 4) is 0 Å². The number of benzene rings is 1. The summed E-state index contributed by atoms with van der Waals surface area (Å²) in [5.74, 6) is 0.580. The molecule has 1 aliphatic rings. The third-order valence-electron chi connectivity index (χ3n) is 2.34. The first-order valence-electron chi connectivity index (χ1n) is 4.92. The Labute approximate surface area is 116 Å². The molecule has 0 bridgehead atoms. The Kier molecular flexibility index (Phi) is 5.18. The number of nitrogens with zero attached hydrogens (tertiary/aromatic N) is 1. The normalized spacial score (nSPS) is 13.6. The van der Waals surface area contributed by atoms with Crippen LogP contribution in [0.3, 0.4) is 0 Å². The fourth-order valence-electron chi connectivity index (χ4n) is 1.52. The second kappa shape index (κ2) is 6.19. The van der Waals surface area contributed by atoms with Crippen LogP contribution >= 0.6 is 23.2 Å². The Hall–Kier alpha value is -0.840. The maximum atomic E-state index is 9.81. The third-order valence-corrected chi connectivity index (χ3v) is 3.05. The Bertz CT molecular complexity index is 409. The van der Waals surface area contributed by atoms with Crippen molar-refractivity contribution < 1.29 is 22.4 Å². The van der Waals surface area contributed by atoms with Gasteiger partial charge in [-0.05, 0) is 12.1 Å². The molecule has 0 aliphatic carbocycles. The third kappa shape index (κ3) is 3.31. The maximum absolute atomic E-state index is 9.81. The van der Waals surface area contributed by atoms with E-state index in [9.17, 15) is 5.21 Å². The fraction of sp³-hybridized carbons (Fsp3) is 0.300. The molecule has 0 radical (unpaired) electrons. The van der Waals surface area contributed by atoms with Crippen molar-refractivity contribution in [3.63, 3.8) is 0 Å². The molecule has 0 unspecified atom stereocenters. The summed E-state index contributed by atoms with van der Waals surface area (Å²) in [6.45, 7) is 1.83. The average molecular weight is 297 g/mol. The quantitative estimate of drug-likeness (QED) is 0.352. The summed E-state index contributed by atoms with van der Waals surface area (Å²) in [5.41, 5.74) is 0.705. The van der Waals surface area contributed by atoms with E-state index in [-0.39, 0.29) is 19.0 Å². The summed E-state index contributed by atoms with van der Waals surface area (Å²) in [7, 11) is 0. The van der Waals surface area contributed by atoms with E-state index < -0.39 is 0 Å². The van der Waals surface area contributed by atoms with Crippen molar-refractivity contribution >= 4 is 29.2 Å². The highest BCUT2D eigenvalue weighted by Crippen LogP contribution is 2.24. The molecule has 0 aromatic heterocycles. The standard InChI is InChI=1S/C10H11Cl2N3O.ClH/c11-8-2-1-3-9(12)7(8)6-15(16)10-13-4-5-14-10;/h1-3,16H,4-6H2,(H,13,14);1H. The summed E-state index contributed by atoms with van der Waals surface area (Å²) in [6, 6.07) is 5.27. The van der Waals surface area contributed by atoms with E-state index in [1.807, 2.05) is 0 Å². The number of nitrogens with one attached hydrogen (secondary N) is 2. The molecule has 4 nitrogen and oxygen atoms in total. The van der Waals surface area contributed by atoms with Crippen LogP contribution in [0.4, 0.5) is 0 Å². The van der Waals surface area contributed by atoms with Crippen LogP contribution in [-0.4, -0.2) is 29.0 Å². The Morgan fingerprint density at radius 3 is 2.24 bits per heavy atom. The fourth-order valence-corrected chi connectivity index (χ4v) is 2.04. The van der Waals surface area contributed by atoms with Crippen LogP contribution in [0.2, 0.25) is 10.0 Å². The minimum atomic E-state index is 0. The van der Waals surface area contributed by atoms with Crippen LogP contribution in [0.5, 0.6) is 0 Å². The van der Waals surface area contributed by atoms with Gasteiger partial charge in [0, 0.05) is 15.6 Å². The van der Waals surface area contributed by atoms with Gasteiger partial charge in [-0.3, -0.25) is 10.6 Å². The Balaban J connectivity index is 0.00000144. The van der Waals surface area contributed by atoms with Gasteiger partial charge < -0.3 is 17.6 Å². The lowest BCUT2D eigenvalue weighted by atomic mass is 10.2. The monoisotopic (exact) mass is 295 g/mol. The van der Waals surface area contributed by atoms with Gasteiger partial charge >= 0.3 is 5.96 Å². The minimum absolute atomic E-state index is 0. The summed E-state index contributed by atoms with van der Waals surface area (Å²) < 4.78 is 1.07. The van der Waals surface area contributed by atoms with Gasteiger partial charge in [0.05, 0.1) is 13.1 Å². The number of hydroxylamine groups is 1. The zero-order valence-electron chi connectivity index (χ0n) is 8.88. The van der Waals surface area contributed by atoms with Gasteiger partial charge in [-0.2, -0.15) is 0 Å². The maximum Gasteiger partial charge on any atom is 0.382 e. The highest BCUT2D eigenvalue weighted by molar-refractivity contribution is 6.35. The first kappa shape index (κ1) is 14.2. The largest absolute Gasteiger partial charge is 1.00 e. The summed E-state index contributed by atoms with van der Waals surface area (Å²) in [4.78, 5) is 0. The van der Waals surface area contributed by atoms with Crippen molar-refractivity contribution in [2.24, 2.45) is 0 Å². The average Bonchev–Trinajstić information content (AvgIpc) is 2.76. The zero-order valence-corrected chi connectivity index (χ0v) is 11.1. The molecule has 1 aromatic rings. The summed E-state index contributed by atoms with van der Waals surface area (Å²) in [5, 5.41) is 16.9. The summed E-state index contributed by atoms with van der Waals surface area (Å²) >= 11 is 12.0. The second-order valence-corrected chi connectivity index (χ2v) is 4.27. The van der Waals surface area contributed by atoms with Crippen LogP contribution in [-0.2, 0) is 6.54 Å². The highest BCUT2D eigenvalue weighted by Gasteiger charge is 2.19. The van der Waals surface area contributed by atoms with Gasteiger partial charge in [-0.25, -0.2) is 0 Å². The predicted octanol–water partition coefficient (Wildman–Crippen LogP) is -1.55. The predicted molar refractivity (Wildman–Crippen MR) is 63.2 cm³/mol. The van der Waals surface area contributed by atoms with E-state index in [4.69, 9.17) is 23.2 Å². The molecule has 17 heavy (non-hydrogen) atoms. The van der Waals surface area contributed by atoms with Gasteiger partial charge in [0.1, 0.15) is 6.54 Å². The lowest BCUT2D eigenvalue weighted by Crippen LogP contribution is -3.00. The van der Waals surface area contributed by atoms with Crippen molar-refractivity contribution in [1.29, 1.82) is 0 Å². The van der Waals surface area contributed by atoms with Crippen LogP contribution in [0.1, 0.15) is 5.56 Å². The van der Waals surface area contributed by atoms with E-state index in [0.29, 0.717) is 21.6 Å². The van der Waals surface area contributed by atoms with Crippen LogP contribution in [0.15, 0.2) is 18.2 Å². The van der Waals surface area contributed by atoms with Gasteiger partial charge in [0.25, 0.3) is 0 Å². The Morgan fingerprint density at radius 1 is 1.18 bits per heavy atom. The van der Waals surface area contributed by atoms with Crippen molar-refractivity contribution in [2.75, 3.05) is 13.1 Å². The molecule has 0 saturated carbocycles. The van der Waals surface area contributed by atoms with Crippen molar-refractivity contribution in [2.45, 2.75) is 6.54 Å². The van der Waals surface area contributed by atoms with Gasteiger partial charge in [0.2, 0.25) is 0 Å². The zero-order chi connectivity index (χ0) is 11.5. The molecule has 1 heterocycles. The molecule has 1 fully saturated rings. The van der Waals surface area contributed by atoms with E-state index in [1.54, 1.807) is 18.2 Å². The first-order chi connectivity index (χ1) is 7.68. The molecule has 1 aromatic carbocycles. The molecule has 0 atom stereocenters. The molecule has 94 valence electrons. The molecular weight excluding hydrogens is 284 g/mol. The van der Waals surface area contributed by atoms with E-state index in [2.05, 4.69) is 10.6 Å². The van der Waals surface area contributed by atoms with Gasteiger partial charge in [-0.15, -0.1) is 0 Å². The number of hydrogen-bond donors (Lipinski definition) is 3. The lowest BCUT2D eigenvalue weighted by molar-refractivity contribution is -0.788. The number of rotatable bonds is 2. The second-order valence-electron chi connectivity index (χ2n) is 3.46. The van der Waals surface area contributed by atoms with E-state index in [0.717, 1.165) is 17.8 Å². The van der Waals surface area contributed by atoms with Gasteiger partial charge in [-0.1, -0.05) is 34.0 Å². The molecule has 1 saturated heterocycles. The first-order valence-corrected chi connectivity index (χ1v) is 5.68. The van der Waals surface area contributed by atoms with E-state index in [1.165, 1.54) is 0 Å². The molecule has 7 heteroatoms. The summed E-state index contributed by atoms with van der Waals surface area (Å²) in [6.07, 6.45) is 0. The smallest absolute Gasteiger partial charge is 0.382 e. The Morgan fingerprint density at radius 2 is 1.71 bits per heavy atom. The van der Waals surface area contributed by atoms with Gasteiger partial charge in [0.15, 0.2) is 0 Å². The van der Waals surface area contributed by atoms with Crippen molar-refractivity contribution in [3.05, 3.63) is 33.8 Å².